The number of carbonyl (C=O) groups is 2. The van der Waals surface area contributed by atoms with Gasteiger partial charge in [-0.3, -0.25) is 4.79 Å². The van der Waals surface area contributed by atoms with Crippen LogP contribution in [0.3, 0.4) is 0 Å². The second-order valence-corrected chi connectivity index (χ2v) is 11.3. The average molecular weight is 518 g/mol. The van der Waals surface area contributed by atoms with Crippen LogP contribution < -0.4 is 10.1 Å². The van der Waals surface area contributed by atoms with Crippen molar-refractivity contribution in [2.75, 3.05) is 25.0 Å². The van der Waals surface area contributed by atoms with Gasteiger partial charge in [0.15, 0.2) is 0 Å². The molecule has 194 valence electrons. The maximum Gasteiger partial charge on any atom is 0.322 e. The summed E-state index contributed by atoms with van der Waals surface area (Å²) in [6.45, 7) is 7.44. The molecule has 7 heteroatoms. The monoisotopic (exact) mass is 517 g/mol. The van der Waals surface area contributed by atoms with E-state index in [1.54, 1.807) is 16.2 Å². The first-order valence-corrected chi connectivity index (χ1v) is 14.0. The molecule has 1 saturated carbocycles. The van der Waals surface area contributed by atoms with Crippen LogP contribution in [0.4, 0.5) is 10.5 Å². The van der Waals surface area contributed by atoms with E-state index in [2.05, 4.69) is 42.7 Å². The van der Waals surface area contributed by atoms with E-state index in [9.17, 15) is 9.59 Å². The Kier molecular flexibility index (Phi) is 7.51. The van der Waals surface area contributed by atoms with Crippen LogP contribution in [0.5, 0.6) is 5.75 Å². The molecule has 1 N–H and O–H groups in total. The standard InChI is InChI=1S/C30H35N3O3S/c1-20(2)22-6-12-25(13-7-22)36-19-27-26-15-17-37-28(26)14-16-32(27)29(34)18-33(24-10-11-24)30(35)31-23-8-4-21(3)5-9-23/h4-9,12-13,15,17,20,24,27H,10-11,14,16,18-19H2,1-3H3,(H,31,35)/t27-/m0/s1. The van der Waals surface area contributed by atoms with E-state index >= 15 is 0 Å². The van der Waals surface area contributed by atoms with Gasteiger partial charge in [-0.15, -0.1) is 11.3 Å². The number of ether oxygens (including phenoxy) is 1. The highest BCUT2D eigenvalue weighted by atomic mass is 32.1. The predicted molar refractivity (Wildman–Crippen MR) is 148 cm³/mol. The quantitative estimate of drug-likeness (QED) is 0.377. The highest BCUT2D eigenvalue weighted by Gasteiger charge is 2.38. The highest BCUT2D eigenvalue weighted by Crippen LogP contribution is 2.35. The number of urea groups is 1. The van der Waals surface area contributed by atoms with Crippen LogP contribution in [0.15, 0.2) is 60.0 Å². The molecule has 0 radical (unpaired) electrons. The van der Waals surface area contributed by atoms with Crippen LogP contribution in [0, 0.1) is 6.92 Å². The maximum atomic E-state index is 13.7. The van der Waals surface area contributed by atoms with Crippen molar-refractivity contribution in [1.29, 1.82) is 0 Å². The number of benzene rings is 2. The predicted octanol–water partition coefficient (Wildman–Crippen LogP) is 6.38. The second-order valence-electron chi connectivity index (χ2n) is 10.3. The van der Waals surface area contributed by atoms with E-state index < -0.39 is 0 Å². The van der Waals surface area contributed by atoms with Crippen molar-refractivity contribution in [3.8, 4) is 5.75 Å². The molecular formula is C30H35N3O3S. The Hall–Kier alpha value is -3.32. The van der Waals surface area contributed by atoms with Crippen molar-refractivity contribution in [2.24, 2.45) is 0 Å². The Labute approximate surface area is 223 Å². The van der Waals surface area contributed by atoms with Gasteiger partial charge < -0.3 is 19.9 Å². The summed E-state index contributed by atoms with van der Waals surface area (Å²) in [5.74, 6) is 1.23. The molecule has 0 saturated heterocycles. The van der Waals surface area contributed by atoms with Crippen molar-refractivity contribution in [2.45, 2.75) is 58.0 Å². The van der Waals surface area contributed by atoms with Crippen LogP contribution in [-0.4, -0.2) is 47.5 Å². The summed E-state index contributed by atoms with van der Waals surface area (Å²) in [5.41, 5.74) is 4.30. The molecule has 3 amide bonds. The van der Waals surface area contributed by atoms with Crippen LogP contribution in [0.25, 0.3) is 0 Å². The van der Waals surface area contributed by atoms with E-state index in [4.69, 9.17) is 4.74 Å². The van der Waals surface area contributed by atoms with Gasteiger partial charge in [-0.25, -0.2) is 4.79 Å². The van der Waals surface area contributed by atoms with Crippen molar-refractivity contribution in [3.63, 3.8) is 0 Å². The van der Waals surface area contributed by atoms with Gasteiger partial charge in [0.2, 0.25) is 5.91 Å². The van der Waals surface area contributed by atoms with E-state index in [1.807, 2.05) is 48.2 Å². The largest absolute Gasteiger partial charge is 0.491 e. The number of hydrogen-bond acceptors (Lipinski definition) is 4. The zero-order chi connectivity index (χ0) is 25.9. The van der Waals surface area contributed by atoms with E-state index in [0.717, 1.165) is 41.8 Å². The summed E-state index contributed by atoms with van der Waals surface area (Å²) in [6, 6.07) is 17.8. The first-order chi connectivity index (χ1) is 17.9. The third-order valence-electron chi connectivity index (χ3n) is 7.23. The first-order valence-electron chi connectivity index (χ1n) is 13.1. The van der Waals surface area contributed by atoms with Crippen LogP contribution >= 0.6 is 11.3 Å². The van der Waals surface area contributed by atoms with Crippen LogP contribution in [0.2, 0.25) is 0 Å². The van der Waals surface area contributed by atoms with Crippen molar-refractivity contribution < 1.29 is 14.3 Å². The number of nitrogens with zero attached hydrogens (tertiary/aromatic N) is 2. The molecule has 6 nitrogen and oxygen atoms in total. The molecule has 37 heavy (non-hydrogen) atoms. The SMILES string of the molecule is Cc1ccc(NC(=O)N(CC(=O)N2CCc3sccc3[C@@H]2COc2ccc(C(C)C)cc2)C2CC2)cc1. The van der Waals surface area contributed by atoms with Gasteiger partial charge in [0.25, 0.3) is 0 Å². The third-order valence-corrected chi connectivity index (χ3v) is 8.22. The number of hydrogen-bond donors (Lipinski definition) is 1. The smallest absolute Gasteiger partial charge is 0.322 e. The van der Waals surface area contributed by atoms with Crippen LogP contribution in [0.1, 0.15) is 60.2 Å². The first kappa shape index (κ1) is 25.3. The van der Waals surface area contributed by atoms with E-state index in [-0.39, 0.29) is 30.6 Å². The fourth-order valence-electron chi connectivity index (χ4n) is 4.82. The molecular weight excluding hydrogens is 482 g/mol. The molecule has 1 atom stereocenters. The Morgan fingerprint density at radius 3 is 2.49 bits per heavy atom. The summed E-state index contributed by atoms with van der Waals surface area (Å²) in [4.78, 5) is 31.7. The lowest BCUT2D eigenvalue weighted by atomic mass is 10.00. The van der Waals surface area contributed by atoms with Gasteiger partial charge in [-0.05, 0) is 78.9 Å². The summed E-state index contributed by atoms with van der Waals surface area (Å²) < 4.78 is 6.21. The molecule has 1 aliphatic carbocycles. The lowest BCUT2D eigenvalue weighted by Crippen LogP contribution is -2.49. The minimum atomic E-state index is -0.217. The third kappa shape index (κ3) is 5.99. The molecule has 0 bridgehead atoms. The van der Waals surface area contributed by atoms with Crippen molar-refractivity contribution in [3.05, 3.63) is 81.5 Å². The van der Waals surface area contributed by atoms with E-state index in [0.29, 0.717) is 19.1 Å². The summed E-state index contributed by atoms with van der Waals surface area (Å²) in [7, 11) is 0. The molecule has 2 heterocycles. The Morgan fingerprint density at radius 2 is 1.81 bits per heavy atom. The fraction of sp³-hybridized carbons (Fsp3) is 0.400. The molecule has 0 unspecified atom stereocenters. The molecule has 0 spiro atoms. The van der Waals surface area contributed by atoms with Gasteiger partial charge in [0.05, 0.1) is 6.04 Å². The number of fused-ring (bicyclic) bond motifs is 1. The molecule has 1 aromatic heterocycles. The van der Waals surface area contributed by atoms with Crippen molar-refractivity contribution >= 4 is 29.0 Å². The Bertz CT molecular complexity index is 1230. The molecule has 5 rings (SSSR count). The normalized spacial score (nSPS) is 16.9. The Morgan fingerprint density at radius 1 is 1.08 bits per heavy atom. The second kappa shape index (κ2) is 11.0. The number of rotatable bonds is 8. The molecule has 2 aromatic carbocycles. The maximum absolute atomic E-state index is 13.7. The summed E-state index contributed by atoms with van der Waals surface area (Å²) >= 11 is 1.74. The minimum Gasteiger partial charge on any atom is -0.491 e. The minimum absolute atomic E-state index is 0.0356. The lowest BCUT2D eigenvalue weighted by molar-refractivity contribution is -0.135. The van der Waals surface area contributed by atoms with Gasteiger partial charge >= 0.3 is 6.03 Å². The summed E-state index contributed by atoms with van der Waals surface area (Å²) in [5, 5.41) is 5.07. The van der Waals surface area contributed by atoms with Gasteiger partial charge in [-0.2, -0.15) is 0 Å². The number of nitrogens with one attached hydrogen (secondary N) is 1. The zero-order valence-electron chi connectivity index (χ0n) is 21.8. The zero-order valence-corrected chi connectivity index (χ0v) is 22.6. The Balaban J connectivity index is 1.28. The number of aryl methyl sites for hydroxylation is 1. The molecule has 3 aromatic rings. The van der Waals surface area contributed by atoms with Gasteiger partial charge in [0, 0.05) is 23.2 Å². The number of amides is 3. The summed E-state index contributed by atoms with van der Waals surface area (Å²) in [6.07, 6.45) is 2.70. The molecule has 1 aliphatic heterocycles. The van der Waals surface area contributed by atoms with Crippen molar-refractivity contribution in [1.82, 2.24) is 9.80 Å². The average Bonchev–Trinajstić information content (AvgIpc) is 3.62. The number of thiophene rings is 1. The number of carbonyl (C=O) groups excluding carboxylic acids is 2. The lowest BCUT2D eigenvalue weighted by Gasteiger charge is -2.37. The van der Waals surface area contributed by atoms with Crippen LogP contribution in [-0.2, 0) is 11.2 Å². The highest BCUT2D eigenvalue weighted by molar-refractivity contribution is 7.10. The van der Waals surface area contributed by atoms with Gasteiger partial charge in [0.1, 0.15) is 18.9 Å². The van der Waals surface area contributed by atoms with Gasteiger partial charge in [-0.1, -0.05) is 43.7 Å². The fourth-order valence-corrected chi connectivity index (χ4v) is 5.75. The number of anilines is 1. The topological polar surface area (TPSA) is 61.9 Å². The molecule has 1 fully saturated rings. The molecule has 2 aliphatic rings. The van der Waals surface area contributed by atoms with E-state index in [1.165, 1.54) is 10.4 Å².